The van der Waals surface area contributed by atoms with E-state index in [4.69, 9.17) is 0 Å². The largest absolute Gasteiger partial charge is 0.317 e. The van der Waals surface area contributed by atoms with Gasteiger partial charge in [-0.15, -0.1) is 10.2 Å². The molecule has 1 aliphatic rings. The summed E-state index contributed by atoms with van der Waals surface area (Å²) in [7, 11) is 2.05. The van der Waals surface area contributed by atoms with Gasteiger partial charge in [0.2, 0.25) is 0 Å². The number of rotatable bonds is 5. The predicted molar refractivity (Wildman–Crippen MR) is 72.3 cm³/mol. The van der Waals surface area contributed by atoms with E-state index in [1.807, 2.05) is 14.0 Å². The van der Waals surface area contributed by atoms with E-state index in [1.165, 1.54) is 25.8 Å². The van der Waals surface area contributed by atoms with Crippen LogP contribution in [-0.2, 0) is 13.6 Å². The normalized spacial score (nSPS) is 20.6. The lowest BCUT2D eigenvalue weighted by atomic mass is 10.1. The molecule has 102 valence electrons. The van der Waals surface area contributed by atoms with E-state index < -0.39 is 0 Å². The fourth-order valence-electron chi connectivity index (χ4n) is 2.59. The van der Waals surface area contributed by atoms with Gasteiger partial charge >= 0.3 is 0 Å². The number of hydrogen-bond donors (Lipinski definition) is 1. The van der Waals surface area contributed by atoms with Crippen LogP contribution < -0.4 is 5.32 Å². The summed E-state index contributed by atoms with van der Waals surface area (Å²) < 4.78 is 2.10. The predicted octanol–water partition coefficient (Wildman–Crippen LogP) is 1.09. The molecule has 0 amide bonds. The van der Waals surface area contributed by atoms with E-state index in [1.54, 1.807) is 0 Å². The second-order valence-electron chi connectivity index (χ2n) is 5.19. The molecule has 5 heteroatoms. The van der Waals surface area contributed by atoms with Crippen molar-refractivity contribution in [3.05, 3.63) is 11.6 Å². The summed E-state index contributed by atoms with van der Waals surface area (Å²) in [6.07, 6.45) is 3.76. The Balaban J connectivity index is 2.03. The van der Waals surface area contributed by atoms with Gasteiger partial charge in [-0.1, -0.05) is 6.92 Å². The molecule has 1 aliphatic heterocycles. The molecule has 1 saturated heterocycles. The molecule has 0 spiro atoms. The first kappa shape index (κ1) is 13.5. The topological polar surface area (TPSA) is 46.0 Å². The molecule has 0 aromatic carbocycles. The Morgan fingerprint density at radius 1 is 1.44 bits per heavy atom. The zero-order valence-electron chi connectivity index (χ0n) is 11.8. The van der Waals surface area contributed by atoms with E-state index in [2.05, 4.69) is 31.9 Å². The zero-order chi connectivity index (χ0) is 13.0. The van der Waals surface area contributed by atoms with Crippen LogP contribution >= 0.6 is 0 Å². The number of piperidine rings is 1. The highest BCUT2D eigenvalue weighted by Crippen LogP contribution is 2.14. The van der Waals surface area contributed by atoms with Crippen LogP contribution in [0.4, 0.5) is 0 Å². The van der Waals surface area contributed by atoms with Crippen molar-refractivity contribution in [1.29, 1.82) is 0 Å². The molecule has 1 N–H and O–H groups in total. The van der Waals surface area contributed by atoms with Crippen molar-refractivity contribution in [3.63, 3.8) is 0 Å². The van der Waals surface area contributed by atoms with E-state index in [0.29, 0.717) is 6.04 Å². The Morgan fingerprint density at radius 2 is 2.28 bits per heavy atom. The molecular weight excluding hydrogens is 226 g/mol. The van der Waals surface area contributed by atoms with Gasteiger partial charge in [-0.3, -0.25) is 4.90 Å². The van der Waals surface area contributed by atoms with Gasteiger partial charge in [0.25, 0.3) is 0 Å². The van der Waals surface area contributed by atoms with Gasteiger partial charge in [0.1, 0.15) is 11.6 Å². The Labute approximate surface area is 110 Å². The van der Waals surface area contributed by atoms with Crippen LogP contribution in [0.1, 0.15) is 37.8 Å². The van der Waals surface area contributed by atoms with Crippen LogP contribution in [0.2, 0.25) is 0 Å². The quantitative estimate of drug-likeness (QED) is 0.851. The van der Waals surface area contributed by atoms with Crippen molar-refractivity contribution in [2.75, 3.05) is 19.6 Å². The van der Waals surface area contributed by atoms with E-state index in [9.17, 15) is 0 Å². The number of hydrogen-bond acceptors (Lipinski definition) is 4. The van der Waals surface area contributed by atoms with Crippen molar-refractivity contribution in [2.45, 2.75) is 45.7 Å². The average Bonchev–Trinajstić information content (AvgIpc) is 2.71. The molecule has 0 radical (unpaired) electrons. The number of aromatic nitrogens is 3. The van der Waals surface area contributed by atoms with Crippen LogP contribution in [0.15, 0.2) is 0 Å². The minimum Gasteiger partial charge on any atom is -0.317 e. The Kier molecular flexibility index (Phi) is 4.72. The van der Waals surface area contributed by atoms with Gasteiger partial charge in [-0.2, -0.15) is 0 Å². The van der Waals surface area contributed by atoms with Crippen LogP contribution in [0.25, 0.3) is 0 Å². The fraction of sp³-hybridized carbons (Fsp3) is 0.846. The highest BCUT2D eigenvalue weighted by atomic mass is 15.3. The molecule has 1 aromatic heterocycles. The van der Waals surface area contributed by atoms with Gasteiger partial charge in [-0.25, -0.2) is 0 Å². The maximum atomic E-state index is 4.28. The third-order valence-corrected chi connectivity index (χ3v) is 3.83. The molecule has 0 saturated carbocycles. The second-order valence-corrected chi connectivity index (χ2v) is 5.19. The minimum atomic E-state index is 0.649. The molecule has 5 nitrogen and oxygen atoms in total. The minimum absolute atomic E-state index is 0.649. The number of nitrogens with zero attached hydrogens (tertiary/aromatic N) is 4. The third-order valence-electron chi connectivity index (χ3n) is 3.83. The first-order valence-electron chi connectivity index (χ1n) is 7.02. The summed E-state index contributed by atoms with van der Waals surface area (Å²) in [5.74, 6) is 2.06. The van der Waals surface area contributed by atoms with Crippen molar-refractivity contribution in [3.8, 4) is 0 Å². The average molecular weight is 251 g/mol. The number of nitrogens with one attached hydrogen (secondary N) is 1. The van der Waals surface area contributed by atoms with E-state index >= 15 is 0 Å². The molecule has 1 aromatic rings. The zero-order valence-corrected chi connectivity index (χ0v) is 11.8. The molecule has 0 bridgehead atoms. The van der Waals surface area contributed by atoms with Crippen molar-refractivity contribution < 1.29 is 0 Å². The molecule has 1 fully saturated rings. The van der Waals surface area contributed by atoms with Gasteiger partial charge in [0, 0.05) is 19.6 Å². The standard InChI is InChI=1S/C13H25N5/c1-4-8-18(12-6-5-7-14-9-12)10-13-16-15-11(2)17(13)3/h12,14H,4-10H2,1-3H3. The molecular formula is C13H25N5. The van der Waals surface area contributed by atoms with Crippen LogP contribution in [0.5, 0.6) is 0 Å². The Hall–Kier alpha value is -0.940. The highest BCUT2D eigenvalue weighted by Gasteiger charge is 2.22. The van der Waals surface area contributed by atoms with Gasteiger partial charge in [0.05, 0.1) is 6.54 Å². The van der Waals surface area contributed by atoms with Crippen LogP contribution in [0.3, 0.4) is 0 Å². The highest BCUT2D eigenvalue weighted by molar-refractivity contribution is 4.93. The first-order chi connectivity index (χ1) is 8.72. The maximum absolute atomic E-state index is 4.28. The van der Waals surface area contributed by atoms with Crippen molar-refractivity contribution >= 4 is 0 Å². The summed E-state index contributed by atoms with van der Waals surface area (Å²) in [4.78, 5) is 2.55. The summed E-state index contributed by atoms with van der Waals surface area (Å²) in [6.45, 7) is 8.57. The molecule has 1 atom stereocenters. The van der Waals surface area contributed by atoms with Gasteiger partial charge in [-0.05, 0) is 39.3 Å². The van der Waals surface area contributed by atoms with Gasteiger partial charge < -0.3 is 9.88 Å². The summed E-state index contributed by atoms with van der Waals surface area (Å²) in [5, 5.41) is 11.9. The molecule has 2 rings (SSSR count). The van der Waals surface area contributed by atoms with Crippen LogP contribution in [0, 0.1) is 6.92 Å². The van der Waals surface area contributed by atoms with E-state index in [0.717, 1.165) is 31.3 Å². The summed E-state index contributed by atoms with van der Waals surface area (Å²) in [6, 6.07) is 0.649. The molecule has 2 heterocycles. The smallest absolute Gasteiger partial charge is 0.146 e. The van der Waals surface area contributed by atoms with E-state index in [-0.39, 0.29) is 0 Å². The lowest BCUT2D eigenvalue weighted by Crippen LogP contribution is -2.46. The SMILES string of the molecule is CCCN(Cc1nnc(C)n1C)C1CCCNC1. The molecule has 1 unspecified atom stereocenters. The fourth-order valence-corrected chi connectivity index (χ4v) is 2.59. The molecule has 18 heavy (non-hydrogen) atoms. The maximum Gasteiger partial charge on any atom is 0.146 e. The third kappa shape index (κ3) is 3.09. The van der Waals surface area contributed by atoms with Crippen LogP contribution in [-0.4, -0.2) is 45.3 Å². The van der Waals surface area contributed by atoms with Crippen molar-refractivity contribution in [1.82, 2.24) is 25.0 Å². The van der Waals surface area contributed by atoms with Crippen molar-refractivity contribution in [2.24, 2.45) is 7.05 Å². The first-order valence-corrected chi connectivity index (χ1v) is 7.02. The lowest BCUT2D eigenvalue weighted by molar-refractivity contribution is 0.153. The monoisotopic (exact) mass is 251 g/mol. The summed E-state index contributed by atoms with van der Waals surface area (Å²) >= 11 is 0. The molecule has 0 aliphatic carbocycles. The van der Waals surface area contributed by atoms with Gasteiger partial charge in [0.15, 0.2) is 0 Å². The second kappa shape index (κ2) is 6.29. The Bertz CT molecular complexity index is 367. The number of aryl methyl sites for hydroxylation is 1. The summed E-state index contributed by atoms with van der Waals surface area (Å²) in [5.41, 5.74) is 0. The Morgan fingerprint density at radius 3 is 2.83 bits per heavy atom. The lowest BCUT2D eigenvalue weighted by Gasteiger charge is -2.34.